The monoisotopic (exact) mass is 367 g/mol. The van der Waals surface area contributed by atoms with E-state index in [4.69, 9.17) is 13.6 Å². The first-order valence-electron chi connectivity index (χ1n) is 6.83. The van der Waals surface area contributed by atoms with Crippen LogP contribution in [0.5, 0.6) is 0 Å². The first kappa shape index (κ1) is 19.5. The van der Waals surface area contributed by atoms with Gasteiger partial charge in [0.05, 0.1) is 0 Å². The second-order valence-electron chi connectivity index (χ2n) is 4.36. The van der Waals surface area contributed by atoms with Gasteiger partial charge in [0.1, 0.15) is 4.90 Å². The third-order valence-corrected chi connectivity index (χ3v) is 5.99. The molecule has 0 fully saturated rings. The van der Waals surface area contributed by atoms with Crippen LogP contribution in [-0.4, -0.2) is 24.9 Å². The van der Waals surface area contributed by atoms with Crippen LogP contribution in [0.4, 0.5) is 0 Å². The summed E-state index contributed by atoms with van der Waals surface area (Å²) in [4.78, 5) is 9.57. The van der Waals surface area contributed by atoms with E-state index in [0.717, 1.165) is 0 Å². The molecule has 6 nitrogen and oxygen atoms in total. The van der Waals surface area contributed by atoms with Gasteiger partial charge in [-0.2, -0.15) is 8.42 Å². The van der Waals surface area contributed by atoms with Crippen molar-refractivity contribution in [2.45, 2.75) is 49.2 Å². The molecule has 0 heterocycles. The van der Waals surface area contributed by atoms with E-state index in [1.54, 1.807) is 32.0 Å². The molecular weight excluding hydrogens is 347 g/mol. The van der Waals surface area contributed by atoms with E-state index < -0.39 is 24.2 Å². The smallest absolute Gasteiger partial charge is 0.226 e. The Bertz CT molecular complexity index is 613. The van der Waals surface area contributed by atoms with Crippen LogP contribution in [0.25, 0.3) is 0 Å². The fourth-order valence-corrected chi connectivity index (χ4v) is 4.96. The number of benzene rings is 1. The summed E-state index contributed by atoms with van der Waals surface area (Å²) in [5, 5.41) is 0. The molecule has 1 unspecified atom stereocenters. The molecule has 1 atom stereocenters. The minimum atomic E-state index is -4.13. The Hall–Kier alpha value is -0.500. The van der Waals surface area contributed by atoms with Crippen LogP contribution in [0.2, 0.25) is 0 Å². The normalized spacial score (nSPS) is 13.2. The third kappa shape index (κ3) is 5.01. The van der Waals surface area contributed by atoms with Gasteiger partial charge in [-0.1, -0.05) is 37.4 Å². The van der Waals surface area contributed by atoms with Gasteiger partial charge in [0.25, 0.3) is 0 Å². The molecule has 0 aliphatic heterocycles. The quantitative estimate of drug-likeness (QED) is 0.308. The van der Waals surface area contributed by atoms with Gasteiger partial charge in [0.15, 0.2) is 0 Å². The van der Waals surface area contributed by atoms with Crippen LogP contribution in [0.15, 0.2) is 34.1 Å². The highest BCUT2D eigenvalue weighted by molar-refractivity contribution is 8.00. The highest BCUT2D eigenvalue weighted by atomic mass is 32.2. The molecule has 0 amide bonds. The molecule has 0 bridgehead atoms. The molecule has 9 heteroatoms. The number of hydrogen-bond donors (Lipinski definition) is 1. The van der Waals surface area contributed by atoms with Crippen LogP contribution >= 0.6 is 20.0 Å². The van der Waals surface area contributed by atoms with Crippen LogP contribution in [-0.2, 0) is 23.4 Å². The molecule has 1 rings (SSSR count). The number of hydrogen-bond acceptors (Lipinski definition) is 6. The molecular formula is C13H20O6PS2+. The Kier molecular flexibility index (Phi) is 7.45. The maximum Gasteiger partial charge on any atom is 0.697 e. The van der Waals surface area contributed by atoms with Crippen molar-refractivity contribution in [3.8, 4) is 0 Å². The van der Waals surface area contributed by atoms with E-state index in [1.165, 1.54) is 17.8 Å². The highest BCUT2D eigenvalue weighted by Crippen LogP contribution is 2.37. The zero-order valence-electron chi connectivity index (χ0n) is 12.7. The summed E-state index contributed by atoms with van der Waals surface area (Å²) in [6, 6.07) is 6.48. The molecule has 1 N–H and O–H groups in total. The average molecular weight is 367 g/mol. The third-order valence-electron chi connectivity index (χ3n) is 3.00. The average Bonchev–Trinajstić information content (AvgIpc) is 2.46. The lowest BCUT2D eigenvalue weighted by molar-refractivity contribution is -0.115. The zero-order valence-corrected chi connectivity index (χ0v) is 15.2. The molecule has 124 valence electrons. The minimum absolute atomic E-state index is 0.0323. The van der Waals surface area contributed by atoms with E-state index in [0.29, 0.717) is 10.6 Å². The standard InChI is InChI=1S/C13H19O6PS2/c1-4-13(5-2,18-20(14)15)19-22(16,17)12-10-8-7-9-11(12)21-6-3/h7-10H,4-6H2,1-3H3/p+1. The number of thioether (sulfide) groups is 1. The van der Waals surface area contributed by atoms with Crippen molar-refractivity contribution in [1.82, 2.24) is 0 Å². The minimum Gasteiger partial charge on any atom is -0.226 e. The Morgan fingerprint density at radius 3 is 2.32 bits per heavy atom. The fourth-order valence-electron chi connectivity index (χ4n) is 1.83. The van der Waals surface area contributed by atoms with Crippen molar-refractivity contribution in [1.29, 1.82) is 0 Å². The van der Waals surface area contributed by atoms with Crippen molar-refractivity contribution < 1.29 is 26.6 Å². The lowest BCUT2D eigenvalue weighted by atomic mass is 10.2. The molecule has 0 aromatic heterocycles. The van der Waals surface area contributed by atoms with Gasteiger partial charge in [-0.05, 0) is 17.9 Å². The van der Waals surface area contributed by atoms with Gasteiger partial charge < -0.3 is 0 Å². The summed E-state index contributed by atoms with van der Waals surface area (Å²) in [5.74, 6) is -0.941. The lowest BCUT2D eigenvalue weighted by Crippen LogP contribution is -2.35. The highest BCUT2D eigenvalue weighted by Gasteiger charge is 2.43. The summed E-state index contributed by atoms with van der Waals surface area (Å²) < 4.78 is 46.1. The second-order valence-corrected chi connectivity index (χ2v) is 7.84. The van der Waals surface area contributed by atoms with E-state index in [-0.39, 0.29) is 17.7 Å². The van der Waals surface area contributed by atoms with E-state index in [9.17, 15) is 13.0 Å². The lowest BCUT2D eigenvalue weighted by Gasteiger charge is -2.24. The molecule has 0 aliphatic rings. The van der Waals surface area contributed by atoms with Gasteiger partial charge in [0, 0.05) is 22.3 Å². The van der Waals surface area contributed by atoms with Crippen molar-refractivity contribution in [2.24, 2.45) is 0 Å². The molecule has 1 aromatic carbocycles. The predicted molar refractivity (Wildman–Crippen MR) is 85.3 cm³/mol. The molecule has 0 aliphatic carbocycles. The van der Waals surface area contributed by atoms with Crippen LogP contribution in [0.3, 0.4) is 0 Å². The summed E-state index contributed by atoms with van der Waals surface area (Å²) in [6.45, 7) is 5.17. The Labute approximate surface area is 136 Å². The molecule has 1 aromatic rings. The fraction of sp³-hybridized carbons (Fsp3) is 0.538. The first-order chi connectivity index (χ1) is 10.3. The topological polar surface area (TPSA) is 89.9 Å². The van der Waals surface area contributed by atoms with Gasteiger partial charge in [-0.3, -0.25) is 0 Å². The van der Waals surface area contributed by atoms with E-state index in [1.807, 2.05) is 6.92 Å². The van der Waals surface area contributed by atoms with Crippen LogP contribution in [0, 0.1) is 0 Å². The summed E-state index contributed by atoms with van der Waals surface area (Å²) in [6.07, 6.45) is 0.237. The zero-order chi connectivity index (χ0) is 16.8. The molecule has 0 saturated heterocycles. The second kappa shape index (κ2) is 8.38. The Balaban J connectivity index is 3.21. The van der Waals surface area contributed by atoms with Crippen molar-refractivity contribution in [3.63, 3.8) is 0 Å². The molecule has 0 spiro atoms. The van der Waals surface area contributed by atoms with Gasteiger partial charge in [0.2, 0.25) is 5.79 Å². The van der Waals surface area contributed by atoms with Crippen LogP contribution in [0.1, 0.15) is 33.6 Å². The van der Waals surface area contributed by atoms with E-state index in [2.05, 4.69) is 0 Å². The summed E-state index contributed by atoms with van der Waals surface area (Å²) >= 11 is 1.38. The van der Waals surface area contributed by atoms with Gasteiger partial charge in [-0.25, -0.2) is 4.18 Å². The first-order valence-corrected chi connectivity index (χ1v) is 10.4. The maximum absolute atomic E-state index is 12.6. The maximum atomic E-state index is 12.6. The van der Waals surface area contributed by atoms with Gasteiger partial charge in [-0.15, -0.1) is 16.7 Å². The predicted octanol–water partition coefficient (Wildman–Crippen LogP) is 3.69. The van der Waals surface area contributed by atoms with Crippen molar-refractivity contribution in [2.75, 3.05) is 5.75 Å². The van der Waals surface area contributed by atoms with E-state index >= 15 is 0 Å². The summed E-state index contributed by atoms with van der Waals surface area (Å²) in [7, 11) is -7.11. The summed E-state index contributed by atoms with van der Waals surface area (Å²) in [5.41, 5.74) is 0. The Morgan fingerprint density at radius 1 is 1.23 bits per heavy atom. The molecule has 0 saturated carbocycles. The van der Waals surface area contributed by atoms with Gasteiger partial charge >= 0.3 is 18.4 Å². The Morgan fingerprint density at radius 2 is 1.82 bits per heavy atom. The molecule has 0 radical (unpaired) electrons. The number of rotatable bonds is 9. The van der Waals surface area contributed by atoms with Crippen molar-refractivity contribution in [3.05, 3.63) is 24.3 Å². The largest absolute Gasteiger partial charge is 0.697 e. The molecule has 22 heavy (non-hydrogen) atoms. The SMILES string of the molecule is CCSc1ccccc1S(=O)(=O)OC(CC)(CC)O[P+](=O)O. The van der Waals surface area contributed by atoms with Crippen LogP contribution < -0.4 is 0 Å². The van der Waals surface area contributed by atoms with Crippen molar-refractivity contribution >= 4 is 30.1 Å².